The highest BCUT2D eigenvalue weighted by atomic mass is 32.2. The van der Waals surface area contributed by atoms with Gasteiger partial charge in [0.25, 0.3) is 0 Å². The number of fused-ring (bicyclic) bond motifs is 1. The Morgan fingerprint density at radius 1 is 1.19 bits per heavy atom. The number of rotatable bonds is 6. The maximum Gasteiger partial charge on any atom is 0.234 e. The lowest BCUT2D eigenvalue weighted by atomic mass is 10.1. The predicted octanol–water partition coefficient (Wildman–Crippen LogP) is 1.71. The zero-order chi connectivity index (χ0) is 18.6. The molecule has 1 aliphatic heterocycles. The third-order valence-corrected chi connectivity index (χ3v) is 5.45. The molecule has 140 valence electrons. The molecule has 26 heavy (non-hydrogen) atoms. The van der Waals surface area contributed by atoms with Gasteiger partial charge in [0.2, 0.25) is 10.0 Å². The molecule has 1 atom stereocenters. The normalized spacial score (nSPS) is 16.6. The molecule has 0 fully saturated rings. The Kier molecular flexibility index (Phi) is 5.85. The van der Waals surface area contributed by atoms with E-state index in [1.54, 1.807) is 6.08 Å². The molecule has 0 aliphatic carbocycles. The molecule has 0 radical (unpaired) electrons. The minimum atomic E-state index is -3.61. The monoisotopic (exact) mass is 375 g/mol. The average Bonchev–Trinajstić information content (AvgIpc) is 2.86. The summed E-state index contributed by atoms with van der Waals surface area (Å²) in [6.45, 7) is 6.37. The molecule has 8 heteroatoms. The molecular formula is C18H25N5O2S. The Bertz CT molecular complexity index is 859. The fourth-order valence-corrected chi connectivity index (χ4v) is 4.11. The Labute approximate surface area is 154 Å². The van der Waals surface area contributed by atoms with Crippen molar-refractivity contribution >= 4 is 16.1 Å². The van der Waals surface area contributed by atoms with Crippen molar-refractivity contribution in [3.05, 3.63) is 53.0 Å². The summed E-state index contributed by atoms with van der Waals surface area (Å²) in [6.07, 6.45) is 2.38. The first-order valence-corrected chi connectivity index (χ1v) is 10.4. The van der Waals surface area contributed by atoms with Gasteiger partial charge in [0.15, 0.2) is 5.82 Å². The van der Waals surface area contributed by atoms with Crippen LogP contribution >= 0.6 is 0 Å². The van der Waals surface area contributed by atoms with Crippen molar-refractivity contribution in [1.82, 2.24) is 24.8 Å². The van der Waals surface area contributed by atoms with Crippen LogP contribution in [0.2, 0.25) is 0 Å². The summed E-state index contributed by atoms with van der Waals surface area (Å²) in [5, 5.41) is 13.1. The van der Waals surface area contributed by atoms with Gasteiger partial charge in [-0.3, -0.25) is 0 Å². The van der Waals surface area contributed by atoms with Crippen LogP contribution in [0.5, 0.6) is 0 Å². The van der Waals surface area contributed by atoms with E-state index in [0.29, 0.717) is 5.82 Å². The van der Waals surface area contributed by atoms with Crippen molar-refractivity contribution in [2.24, 2.45) is 5.92 Å². The Balaban J connectivity index is 1.83. The van der Waals surface area contributed by atoms with Gasteiger partial charge in [0.1, 0.15) is 5.82 Å². The van der Waals surface area contributed by atoms with Crippen LogP contribution in [0, 0.1) is 5.92 Å². The van der Waals surface area contributed by atoms with Gasteiger partial charge in [0.05, 0.1) is 6.04 Å². The maximum absolute atomic E-state index is 12.6. The largest absolute Gasteiger partial charge is 0.315 e. The van der Waals surface area contributed by atoms with E-state index >= 15 is 0 Å². The minimum Gasteiger partial charge on any atom is -0.315 e. The van der Waals surface area contributed by atoms with Crippen LogP contribution in [0.25, 0.3) is 6.08 Å². The van der Waals surface area contributed by atoms with Gasteiger partial charge in [-0.2, -0.15) is 0 Å². The second kappa shape index (κ2) is 8.11. The van der Waals surface area contributed by atoms with E-state index in [0.717, 1.165) is 37.4 Å². The topological polar surface area (TPSA) is 88.9 Å². The van der Waals surface area contributed by atoms with Crippen molar-refractivity contribution in [2.75, 3.05) is 13.1 Å². The van der Waals surface area contributed by atoms with Gasteiger partial charge >= 0.3 is 0 Å². The van der Waals surface area contributed by atoms with Crippen LogP contribution in [0.3, 0.4) is 0 Å². The fourth-order valence-electron chi connectivity index (χ4n) is 2.96. The fraction of sp³-hybridized carbons (Fsp3) is 0.444. The summed E-state index contributed by atoms with van der Waals surface area (Å²) >= 11 is 0. The van der Waals surface area contributed by atoms with Crippen LogP contribution in [-0.2, 0) is 23.0 Å². The zero-order valence-corrected chi connectivity index (χ0v) is 15.9. The molecule has 2 heterocycles. The van der Waals surface area contributed by atoms with E-state index in [-0.39, 0.29) is 5.92 Å². The molecule has 2 aromatic rings. The summed E-state index contributed by atoms with van der Waals surface area (Å²) in [5.74, 6) is 1.62. The van der Waals surface area contributed by atoms with Crippen LogP contribution in [0.4, 0.5) is 0 Å². The molecule has 7 nitrogen and oxygen atoms in total. The molecule has 0 bridgehead atoms. The average molecular weight is 375 g/mol. The number of benzene rings is 1. The second-order valence-electron chi connectivity index (χ2n) is 6.72. The molecule has 0 saturated heterocycles. The second-order valence-corrected chi connectivity index (χ2v) is 8.32. The quantitative estimate of drug-likeness (QED) is 0.802. The number of nitrogens with one attached hydrogen (secondary N) is 2. The lowest BCUT2D eigenvalue weighted by molar-refractivity contribution is 0.426. The molecule has 0 saturated carbocycles. The molecule has 1 aromatic carbocycles. The Morgan fingerprint density at radius 2 is 1.96 bits per heavy atom. The van der Waals surface area contributed by atoms with E-state index in [1.165, 1.54) is 5.41 Å². The van der Waals surface area contributed by atoms with Gasteiger partial charge in [0, 0.05) is 31.5 Å². The summed E-state index contributed by atoms with van der Waals surface area (Å²) in [6, 6.07) is 8.92. The Hall–Kier alpha value is -2.03. The molecular weight excluding hydrogens is 350 g/mol. The number of nitrogens with zero attached hydrogens (tertiary/aromatic N) is 3. The van der Waals surface area contributed by atoms with E-state index in [4.69, 9.17) is 0 Å². The van der Waals surface area contributed by atoms with Crippen LogP contribution in [0.1, 0.15) is 37.1 Å². The van der Waals surface area contributed by atoms with E-state index in [9.17, 15) is 8.42 Å². The molecule has 1 aliphatic rings. The molecule has 3 rings (SSSR count). The van der Waals surface area contributed by atoms with Gasteiger partial charge in [-0.05, 0) is 17.6 Å². The molecule has 1 aromatic heterocycles. The van der Waals surface area contributed by atoms with Gasteiger partial charge in [-0.1, -0.05) is 44.2 Å². The lowest BCUT2D eigenvalue weighted by Crippen LogP contribution is -2.33. The van der Waals surface area contributed by atoms with Crippen molar-refractivity contribution in [3.8, 4) is 0 Å². The SMILES string of the molecule is CC(C)[C@@H](NS(=O)(=O)/C=C/c1ccccc1)c1nnc2n1CCNCC2. The third kappa shape index (κ3) is 4.57. The maximum atomic E-state index is 12.6. The standard InChI is InChI=1S/C18H25N5O2S/c1-14(2)17(18-21-20-16-8-10-19-11-12-23(16)18)22-26(24,25)13-9-15-6-4-3-5-7-15/h3-7,9,13-14,17,19,22H,8,10-12H2,1-2H3/b13-9+/t17-/m1/s1. The molecule has 0 spiro atoms. The number of hydrogen-bond acceptors (Lipinski definition) is 5. The van der Waals surface area contributed by atoms with Gasteiger partial charge < -0.3 is 9.88 Å². The smallest absolute Gasteiger partial charge is 0.234 e. The number of sulfonamides is 1. The molecule has 0 unspecified atom stereocenters. The van der Waals surface area contributed by atoms with Crippen LogP contribution in [-0.4, -0.2) is 36.3 Å². The van der Waals surface area contributed by atoms with E-state index in [1.807, 2.05) is 48.7 Å². The summed E-state index contributed by atoms with van der Waals surface area (Å²) in [7, 11) is -3.61. The number of hydrogen-bond donors (Lipinski definition) is 2. The van der Waals surface area contributed by atoms with Gasteiger partial charge in [-0.15, -0.1) is 10.2 Å². The van der Waals surface area contributed by atoms with Crippen molar-refractivity contribution in [3.63, 3.8) is 0 Å². The zero-order valence-electron chi connectivity index (χ0n) is 15.1. The predicted molar refractivity (Wildman–Crippen MR) is 102 cm³/mol. The van der Waals surface area contributed by atoms with Crippen molar-refractivity contribution in [2.45, 2.75) is 32.9 Å². The highest BCUT2D eigenvalue weighted by molar-refractivity contribution is 7.92. The van der Waals surface area contributed by atoms with Gasteiger partial charge in [-0.25, -0.2) is 13.1 Å². The van der Waals surface area contributed by atoms with E-state index in [2.05, 4.69) is 20.2 Å². The summed E-state index contributed by atoms with van der Waals surface area (Å²) < 4.78 is 30.0. The first kappa shape index (κ1) is 18.8. The first-order valence-electron chi connectivity index (χ1n) is 8.84. The summed E-state index contributed by atoms with van der Waals surface area (Å²) in [4.78, 5) is 0. The molecule has 0 amide bonds. The van der Waals surface area contributed by atoms with E-state index < -0.39 is 16.1 Å². The summed E-state index contributed by atoms with van der Waals surface area (Å²) in [5.41, 5.74) is 0.835. The third-order valence-electron chi connectivity index (χ3n) is 4.37. The van der Waals surface area contributed by atoms with Crippen molar-refractivity contribution < 1.29 is 8.42 Å². The number of aromatic nitrogens is 3. The minimum absolute atomic E-state index is 0.0411. The molecule has 2 N–H and O–H groups in total. The first-order chi connectivity index (χ1) is 12.5. The Morgan fingerprint density at radius 3 is 2.69 bits per heavy atom. The van der Waals surface area contributed by atoms with Crippen molar-refractivity contribution in [1.29, 1.82) is 0 Å². The highest BCUT2D eigenvalue weighted by Gasteiger charge is 2.27. The lowest BCUT2D eigenvalue weighted by Gasteiger charge is -2.21. The highest BCUT2D eigenvalue weighted by Crippen LogP contribution is 2.23. The van der Waals surface area contributed by atoms with Crippen LogP contribution < -0.4 is 10.0 Å². The van der Waals surface area contributed by atoms with Crippen LogP contribution in [0.15, 0.2) is 35.7 Å².